The molecule has 3 N–H and O–H groups in total. The summed E-state index contributed by atoms with van der Waals surface area (Å²) in [5.41, 5.74) is 2.99. The third kappa shape index (κ3) is 13.6. The average Bonchev–Trinajstić information content (AvgIpc) is 2.86. The fourth-order valence-corrected chi connectivity index (χ4v) is 4.88. The molecule has 0 fully saturated rings. The van der Waals surface area contributed by atoms with Crippen LogP contribution >= 0.6 is 0 Å². The third-order valence-corrected chi connectivity index (χ3v) is 7.27. The van der Waals surface area contributed by atoms with Crippen LogP contribution in [0.4, 0.5) is 0 Å². The SMILES string of the molecule is CCC[C@H](O)[C@@H](O)C=C(C)C=CC=C(C)C=C(C)C=C(C(=O)O)[C@H]1CCCC(=O)O[C@@H](C(C)C)CC=CC[C@@H]1C. The fraction of sp³-hybridized carbons (Fsp3) is 0.588. The number of allylic oxidation sites excluding steroid dienone is 9. The van der Waals surface area contributed by atoms with Crippen LogP contribution in [0.2, 0.25) is 0 Å². The first-order valence-electron chi connectivity index (χ1n) is 14.7. The average molecular weight is 557 g/mol. The van der Waals surface area contributed by atoms with Crippen molar-refractivity contribution in [1.29, 1.82) is 0 Å². The minimum Gasteiger partial charge on any atom is -0.478 e. The number of carboxylic acids is 1. The molecule has 6 nitrogen and oxygen atoms in total. The number of carboxylic acid groups (broad SMARTS) is 1. The van der Waals surface area contributed by atoms with Crippen LogP contribution in [0.3, 0.4) is 0 Å². The predicted octanol–water partition coefficient (Wildman–Crippen LogP) is 7.25. The van der Waals surface area contributed by atoms with Crippen LogP contribution in [0.15, 0.2) is 70.9 Å². The Morgan fingerprint density at radius 3 is 2.38 bits per heavy atom. The van der Waals surface area contributed by atoms with E-state index in [9.17, 15) is 24.9 Å². The normalized spacial score (nSPS) is 24.4. The van der Waals surface area contributed by atoms with Gasteiger partial charge in [-0.1, -0.05) is 93.4 Å². The van der Waals surface area contributed by atoms with Crippen LogP contribution in [0.5, 0.6) is 0 Å². The number of esters is 1. The number of rotatable bonds is 11. The number of aliphatic carboxylic acids is 1. The van der Waals surface area contributed by atoms with Crippen LogP contribution in [0, 0.1) is 17.8 Å². The summed E-state index contributed by atoms with van der Waals surface area (Å²) in [7, 11) is 0. The van der Waals surface area contributed by atoms with Crippen molar-refractivity contribution in [2.75, 3.05) is 0 Å². The first-order chi connectivity index (χ1) is 18.8. The van der Waals surface area contributed by atoms with E-state index in [0.29, 0.717) is 31.3 Å². The predicted molar refractivity (Wildman–Crippen MR) is 163 cm³/mol. The molecule has 0 aromatic heterocycles. The van der Waals surface area contributed by atoms with Gasteiger partial charge in [0.15, 0.2) is 0 Å². The number of ether oxygens (including phenoxy) is 1. The van der Waals surface area contributed by atoms with Gasteiger partial charge in [0, 0.05) is 18.4 Å². The van der Waals surface area contributed by atoms with Gasteiger partial charge in [0.05, 0.1) is 12.2 Å². The molecule has 0 bridgehead atoms. The molecule has 0 saturated carbocycles. The molecule has 224 valence electrons. The van der Waals surface area contributed by atoms with Gasteiger partial charge in [-0.3, -0.25) is 4.79 Å². The van der Waals surface area contributed by atoms with Crippen molar-refractivity contribution < 1.29 is 29.6 Å². The minimum atomic E-state index is -0.936. The number of carbonyl (C=O) groups excluding carboxylic acids is 1. The second kappa shape index (κ2) is 18.6. The van der Waals surface area contributed by atoms with Gasteiger partial charge in [0.1, 0.15) is 6.10 Å². The molecule has 0 radical (unpaired) electrons. The Balaban J connectivity index is 3.08. The van der Waals surface area contributed by atoms with Crippen molar-refractivity contribution >= 4 is 11.9 Å². The molecule has 1 rings (SSSR count). The highest BCUT2D eigenvalue weighted by Gasteiger charge is 2.27. The Labute approximate surface area is 241 Å². The summed E-state index contributed by atoms with van der Waals surface area (Å²) in [4.78, 5) is 24.8. The molecule has 0 spiro atoms. The van der Waals surface area contributed by atoms with Crippen molar-refractivity contribution in [2.45, 2.75) is 112 Å². The van der Waals surface area contributed by atoms with E-state index in [0.717, 1.165) is 29.6 Å². The summed E-state index contributed by atoms with van der Waals surface area (Å²) in [6.07, 6.45) is 17.6. The molecular weight excluding hydrogens is 504 g/mol. The summed E-state index contributed by atoms with van der Waals surface area (Å²) < 4.78 is 5.68. The minimum absolute atomic E-state index is 0.111. The van der Waals surface area contributed by atoms with Gasteiger partial charge in [0.25, 0.3) is 0 Å². The second-order valence-corrected chi connectivity index (χ2v) is 11.5. The van der Waals surface area contributed by atoms with Crippen molar-refractivity contribution in [2.24, 2.45) is 17.8 Å². The van der Waals surface area contributed by atoms with Crippen molar-refractivity contribution in [1.82, 2.24) is 0 Å². The molecule has 5 atom stereocenters. The molecule has 1 aliphatic heterocycles. The van der Waals surface area contributed by atoms with Crippen molar-refractivity contribution in [3.8, 4) is 0 Å². The lowest BCUT2D eigenvalue weighted by Crippen LogP contribution is -2.24. The van der Waals surface area contributed by atoms with Crippen LogP contribution < -0.4 is 0 Å². The maximum Gasteiger partial charge on any atom is 0.331 e. The second-order valence-electron chi connectivity index (χ2n) is 11.5. The number of aliphatic hydroxyl groups is 2. The van der Waals surface area contributed by atoms with Gasteiger partial charge in [-0.05, 0) is 70.3 Å². The maximum absolute atomic E-state index is 12.4. The van der Waals surface area contributed by atoms with E-state index in [1.165, 1.54) is 0 Å². The molecule has 0 unspecified atom stereocenters. The van der Waals surface area contributed by atoms with Gasteiger partial charge < -0.3 is 20.1 Å². The maximum atomic E-state index is 12.4. The van der Waals surface area contributed by atoms with Crippen LogP contribution in [0.1, 0.15) is 93.4 Å². The highest BCUT2D eigenvalue weighted by Crippen LogP contribution is 2.31. The Kier molecular flexibility index (Phi) is 16.4. The van der Waals surface area contributed by atoms with E-state index in [1.54, 1.807) is 12.2 Å². The zero-order chi connectivity index (χ0) is 30.2. The van der Waals surface area contributed by atoms with Crippen molar-refractivity contribution in [3.63, 3.8) is 0 Å². The van der Waals surface area contributed by atoms with Crippen molar-refractivity contribution in [3.05, 3.63) is 70.9 Å². The zero-order valence-corrected chi connectivity index (χ0v) is 25.6. The quantitative estimate of drug-likeness (QED) is 0.107. The van der Waals surface area contributed by atoms with E-state index < -0.39 is 18.2 Å². The van der Waals surface area contributed by atoms with Gasteiger partial charge in [-0.15, -0.1) is 0 Å². The Bertz CT molecular complexity index is 994. The molecule has 0 amide bonds. The largest absolute Gasteiger partial charge is 0.478 e. The molecule has 40 heavy (non-hydrogen) atoms. The monoisotopic (exact) mass is 556 g/mol. The van der Waals surface area contributed by atoms with Crippen LogP contribution in [-0.2, 0) is 14.3 Å². The van der Waals surface area contributed by atoms with E-state index >= 15 is 0 Å². The van der Waals surface area contributed by atoms with E-state index in [1.807, 2.05) is 65.8 Å². The van der Waals surface area contributed by atoms with Crippen LogP contribution in [0.25, 0.3) is 0 Å². The zero-order valence-electron chi connectivity index (χ0n) is 25.6. The molecule has 6 heteroatoms. The summed E-state index contributed by atoms with van der Waals surface area (Å²) in [6.45, 7) is 13.8. The molecule has 0 aliphatic carbocycles. The Hall–Kier alpha value is -2.70. The van der Waals surface area contributed by atoms with Gasteiger partial charge in [-0.2, -0.15) is 0 Å². The van der Waals surface area contributed by atoms with Gasteiger partial charge >= 0.3 is 11.9 Å². The Morgan fingerprint density at radius 1 is 1.07 bits per heavy atom. The first-order valence-corrected chi connectivity index (χ1v) is 14.7. The van der Waals surface area contributed by atoms with Gasteiger partial charge in [0.2, 0.25) is 0 Å². The lowest BCUT2D eigenvalue weighted by atomic mass is 9.80. The summed E-state index contributed by atoms with van der Waals surface area (Å²) in [5, 5.41) is 30.1. The van der Waals surface area contributed by atoms with Crippen LogP contribution in [-0.4, -0.2) is 45.6 Å². The molecule has 1 aliphatic rings. The molecule has 0 aromatic carbocycles. The van der Waals surface area contributed by atoms with Gasteiger partial charge in [-0.25, -0.2) is 4.79 Å². The van der Waals surface area contributed by atoms with E-state index in [2.05, 4.69) is 19.1 Å². The number of hydrogen-bond acceptors (Lipinski definition) is 5. The molecule has 1 heterocycles. The lowest BCUT2D eigenvalue weighted by molar-refractivity contribution is -0.151. The first kappa shape index (κ1) is 35.3. The summed E-state index contributed by atoms with van der Waals surface area (Å²) in [5.74, 6) is -0.996. The van der Waals surface area contributed by atoms with E-state index in [4.69, 9.17) is 4.74 Å². The Morgan fingerprint density at radius 2 is 1.75 bits per heavy atom. The summed E-state index contributed by atoms with van der Waals surface area (Å²) in [6, 6.07) is 0. The topological polar surface area (TPSA) is 104 Å². The number of aliphatic hydroxyl groups excluding tert-OH is 2. The lowest BCUT2D eigenvalue weighted by Gasteiger charge is -2.26. The fourth-order valence-electron chi connectivity index (χ4n) is 4.88. The number of carbonyl (C=O) groups is 2. The number of cyclic esters (lactones) is 1. The third-order valence-electron chi connectivity index (χ3n) is 7.27. The molecular formula is C34H52O6. The molecule has 0 aromatic rings. The summed E-state index contributed by atoms with van der Waals surface area (Å²) >= 11 is 0. The standard InChI is InChI=1S/C34H52O6/c1-8-13-30(35)31(36)22-25(5)15-11-14-24(4)20-26(6)21-29(34(38)39)28-17-12-19-33(37)40-32(23(2)3)18-10-9-16-27(28)7/h9-11,14-15,20-23,27-28,30-32,35-36H,8,12-13,16-19H2,1-7H3,(H,38,39)/t27-,28-,30-,31-,32+/m0/s1. The van der Waals surface area contributed by atoms with E-state index in [-0.39, 0.29) is 36.2 Å². The highest BCUT2D eigenvalue weighted by atomic mass is 16.5. The smallest absolute Gasteiger partial charge is 0.331 e. The molecule has 0 saturated heterocycles. The number of hydrogen-bond donors (Lipinski definition) is 3. The highest BCUT2D eigenvalue weighted by molar-refractivity contribution is 5.88.